The van der Waals surface area contributed by atoms with Crippen molar-refractivity contribution in [2.24, 2.45) is 0 Å². The Morgan fingerprint density at radius 1 is 1.00 bits per heavy atom. The second-order valence-electron chi connectivity index (χ2n) is 4.15. The number of para-hydroxylation sites is 1. The Bertz CT molecular complexity index is 758. The van der Waals surface area contributed by atoms with Gasteiger partial charge in [0.1, 0.15) is 16.4 Å². The van der Waals surface area contributed by atoms with Crippen LogP contribution in [0.25, 0.3) is 0 Å². The maximum absolute atomic E-state index is 12.3. The molecule has 9 heteroatoms. The molecule has 2 aromatic rings. The predicted molar refractivity (Wildman–Crippen MR) is 72.0 cm³/mol. The molecule has 22 heavy (non-hydrogen) atoms. The molecule has 0 atom stereocenters. The van der Waals surface area contributed by atoms with Crippen molar-refractivity contribution in [1.29, 1.82) is 0 Å². The van der Waals surface area contributed by atoms with Crippen molar-refractivity contribution in [2.45, 2.75) is 11.3 Å². The van der Waals surface area contributed by atoms with Gasteiger partial charge in [-0.25, -0.2) is 8.42 Å². The van der Waals surface area contributed by atoms with E-state index < -0.39 is 27.0 Å². The summed E-state index contributed by atoms with van der Waals surface area (Å²) in [6, 6.07) is 9.38. The maximum Gasteiger partial charge on any atom is 0.573 e. The molecule has 0 radical (unpaired) electrons. The summed E-state index contributed by atoms with van der Waals surface area (Å²) in [7, 11) is -4.29. The standard InChI is InChI=1S/C13H10F3NO4S/c14-13(15,16)21-11-3-1-2-4-12(11)22(19,20)17-9-5-7-10(18)8-6-9/h1-8,17-18H. The molecule has 5 nitrogen and oxygen atoms in total. The Kier molecular flexibility index (Phi) is 4.18. The van der Waals surface area contributed by atoms with E-state index >= 15 is 0 Å². The highest BCUT2D eigenvalue weighted by Gasteiger charge is 2.34. The van der Waals surface area contributed by atoms with Crippen molar-refractivity contribution in [2.75, 3.05) is 4.72 Å². The number of benzene rings is 2. The van der Waals surface area contributed by atoms with E-state index in [-0.39, 0.29) is 11.4 Å². The van der Waals surface area contributed by atoms with Crippen LogP contribution in [0.5, 0.6) is 11.5 Å². The molecule has 0 aliphatic heterocycles. The molecule has 2 N–H and O–H groups in total. The van der Waals surface area contributed by atoms with Crippen LogP contribution < -0.4 is 9.46 Å². The summed E-state index contributed by atoms with van der Waals surface area (Å²) in [6.45, 7) is 0. The van der Waals surface area contributed by atoms with Gasteiger partial charge in [-0.2, -0.15) is 0 Å². The number of ether oxygens (including phenoxy) is 1. The van der Waals surface area contributed by atoms with Crippen molar-refractivity contribution in [3.05, 3.63) is 48.5 Å². The third-order valence-corrected chi connectivity index (χ3v) is 3.90. The molecule has 0 bridgehead atoms. The summed E-state index contributed by atoms with van der Waals surface area (Å²) in [5.41, 5.74) is 0.0830. The molecule has 2 rings (SSSR count). The van der Waals surface area contributed by atoms with Crippen LogP contribution in [0.15, 0.2) is 53.4 Å². The van der Waals surface area contributed by atoms with Gasteiger partial charge in [-0.05, 0) is 36.4 Å². The highest BCUT2D eigenvalue weighted by atomic mass is 32.2. The number of nitrogens with one attached hydrogen (secondary N) is 1. The van der Waals surface area contributed by atoms with Crippen molar-refractivity contribution >= 4 is 15.7 Å². The number of aromatic hydroxyl groups is 1. The van der Waals surface area contributed by atoms with Crippen molar-refractivity contribution in [1.82, 2.24) is 0 Å². The van der Waals surface area contributed by atoms with Crippen LogP contribution in [-0.4, -0.2) is 19.9 Å². The zero-order valence-electron chi connectivity index (χ0n) is 10.8. The number of halogens is 3. The van der Waals surface area contributed by atoms with Gasteiger partial charge in [0, 0.05) is 5.69 Å². The summed E-state index contributed by atoms with van der Waals surface area (Å²) in [5, 5.41) is 9.12. The van der Waals surface area contributed by atoms with Crippen LogP contribution in [0.3, 0.4) is 0 Å². The Hall–Kier alpha value is -2.42. The summed E-state index contributed by atoms with van der Waals surface area (Å²) in [6.07, 6.45) is -5.01. The summed E-state index contributed by atoms with van der Waals surface area (Å²) in [4.78, 5) is -0.652. The minimum absolute atomic E-state index is 0.0799. The van der Waals surface area contributed by atoms with E-state index in [1.165, 1.54) is 36.4 Å². The van der Waals surface area contributed by atoms with E-state index in [2.05, 4.69) is 9.46 Å². The Morgan fingerprint density at radius 2 is 1.59 bits per heavy atom. The van der Waals surface area contributed by atoms with E-state index in [9.17, 15) is 21.6 Å². The lowest BCUT2D eigenvalue weighted by Gasteiger charge is -2.14. The number of alkyl halides is 3. The van der Waals surface area contributed by atoms with Crippen molar-refractivity contribution in [3.8, 4) is 11.5 Å². The lowest BCUT2D eigenvalue weighted by atomic mass is 10.3. The van der Waals surface area contributed by atoms with E-state index in [4.69, 9.17) is 5.11 Å². The molecule has 0 aliphatic rings. The molecular weight excluding hydrogens is 323 g/mol. The van der Waals surface area contributed by atoms with E-state index in [1.54, 1.807) is 0 Å². The molecular formula is C13H10F3NO4S. The minimum Gasteiger partial charge on any atom is -0.508 e. The third kappa shape index (κ3) is 4.04. The first-order valence-corrected chi connectivity index (χ1v) is 7.32. The fourth-order valence-electron chi connectivity index (χ4n) is 1.62. The normalized spacial score (nSPS) is 12.0. The van der Waals surface area contributed by atoms with Gasteiger partial charge in [0.15, 0.2) is 0 Å². The van der Waals surface area contributed by atoms with E-state index in [0.29, 0.717) is 0 Å². The first kappa shape index (κ1) is 16.0. The van der Waals surface area contributed by atoms with Gasteiger partial charge in [-0.1, -0.05) is 12.1 Å². The smallest absolute Gasteiger partial charge is 0.508 e. The number of phenolic OH excluding ortho intramolecular Hbond substituents is 1. The van der Waals surface area contributed by atoms with Crippen LogP contribution in [0, 0.1) is 0 Å². The van der Waals surface area contributed by atoms with Crippen molar-refractivity contribution in [3.63, 3.8) is 0 Å². The first-order valence-electron chi connectivity index (χ1n) is 5.84. The fourth-order valence-corrected chi connectivity index (χ4v) is 2.81. The largest absolute Gasteiger partial charge is 0.573 e. The average Bonchev–Trinajstić information content (AvgIpc) is 2.40. The second-order valence-corrected chi connectivity index (χ2v) is 5.80. The second kappa shape index (κ2) is 5.76. The molecule has 2 aromatic carbocycles. The summed E-state index contributed by atoms with van der Waals surface area (Å²) < 4.78 is 67.1. The van der Waals surface area contributed by atoms with Gasteiger partial charge in [-0.3, -0.25) is 4.72 Å². The van der Waals surface area contributed by atoms with Gasteiger partial charge in [-0.15, -0.1) is 13.2 Å². The number of hydrogen-bond donors (Lipinski definition) is 2. The molecule has 0 heterocycles. The lowest BCUT2D eigenvalue weighted by Crippen LogP contribution is -2.20. The van der Waals surface area contributed by atoms with Crippen LogP contribution in [0.2, 0.25) is 0 Å². The third-order valence-electron chi connectivity index (χ3n) is 2.48. The first-order chi connectivity index (χ1) is 10.2. The Balaban J connectivity index is 2.35. The van der Waals surface area contributed by atoms with Gasteiger partial charge in [0.2, 0.25) is 0 Å². The molecule has 0 aromatic heterocycles. The Morgan fingerprint density at radius 3 is 2.18 bits per heavy atom. The fraction of sp³-hybridized carbons (Fsp3) is 0.0769. The van der Waals surface area contributed by atoms with Gasteiger partial charge in [0.25, 0.3) is 10.0 Å². The number of sulfonamides is 1. The molecule has 0 unspecified atom stereocenters. The van der Waals surface area contributed by atoms with Crippen molar-refractivity contribution < 1.29 is 31.4 Å². The zero-order valence-corrected chi connectivity index (χ0v) is 11.6. The topological polar surface area (TPSA) is 75.6 Å². The summed E-state index contributed by atoms with van der Waals surface area (Å²) in [5.74, 6) is -0.912. The SMILES string of the molecule is O=S(=O)(Nc1ccc(O)cc1)c1ccccc1OC(F)(F)F. The monoisotopic (exact) mass is 333 g/mol. The van der Waals surface area contributed by atoms with Crippen LogP contribution >= 0.6 is 0 Å². The zero-order chi connectivity index (χ0) is 16.4. The highest BCUT2D eigenvalue weighted by Crippen LogP contribution is 2.30. The van der Waals surface area contributed by atoms with Crippen LogP contribution in [0.4, 0.5) is 18.9 Å². The molecule has 0 aliphatic carbocycles. The molecule has 0 spiro atoms. The van der Waals surface area contributed by atoms with Gasteiger partial charge < -0.3 is 9.84 Å². The molecule has 0 fully saturated rings. The predicted octanol–water partition coefficient (Wildman–Crippen LogP) is 3.09. The van der Waals surface area contributed by atoms with Crippen LogP contribution in [0.1, 0.15) is 0 Å². The molecule has 0 saturated carbocycles. The minimum atomic E-state index is -5.01. The number of hydrogen-bond acceptors (Lipinski definition) is 4. The van der Waals surface area contributed by atoms with Gasteiger partial charge >= 0.3 is 6.36 Å². The van der Waals surface area contributed by atoms with Gasteiger partial charge in [0.05, 0.1) is 0 Å². The number of phenols is 1. The molecule has 118 valence electrons. The van der Waals surface area contributed by atoms with Crippen LogP contribution in [-0.2, 0) is 10.0 Å². The average molecular weight is 333 g/mol. The lowest BCUT2D eigenvalue weighted by molar-refractivity contribution is -0.275. The molecule has 0 saturated heterocycles. The van der Waals surface area contributed by atoms with E-state index in [1.807, 2.05) is 0 Å². The summed E-state index contributed by atoms with van der Waals surface area (Å²) >= 11 is 0. The Labute approximate surface area is 124 Å². The number of anilines is 1. The maximum atomic E-state index is 12.3. The quantitative estimate of drug-likeness (QED) is 0.843. The highest BCUT2D eigenvalue weighted by molar-refractivity contribution is 7.92. The molecule has 0 amide bonds. The number of rotatable bonds is 4. The van der Waals surface area contributed by atoms with E-state index in [0.717, 1.165) is 12.1 Å².